The van der Waals surface area contributed by atoms with Crippen LogP contribution in [0.1, 0.15) is 105 Å². The molecule has 0 radical (unpaired) electrons. The number of sulfonamides is 1. The SMILES string of the molecule is CC1(O)CCC(CNc2ccc(S(=O)(=O)NC(=O)c3ccc(N4CC5(CC(N6CCC[C@H]6c6ccccc6C6CC6)C5)C4)cc3Oc3cnc4[nH]ccc4c3)cc2[N+](=O)[O-])CC1. The number of likely N-dealkylation sites (tertiary alicyclic amines) is 1. The second kappa shape index (κ2) is 15.7. The number of carbonyl (C=O) groups excluding carboxylic acids is 1. The molecular formula is C47H53N7O7S. The van der Waals surface area contributed by atoms with Gasteiger partial charge in [0.1, 0.15) is 22.8 Å². The molecule has 0 bridgehead atoms. The molecule has 5 aromatic rings. The molecule has 2 saturated heterocycles. The van der Waals surface area contributed by atoms with Crippen molar-refractivity contribution in [1.29, 1.82) is 0 Å². The van der Waals surface area contributed by atoms with E-state index in [0.717, 1.165) is 68.4 Å². The van der Waals surface area contributed by atoms with Crippen molar-refractivity contribution in [2.24, 2.45) is 11.3 Å². The minimum absolute atomic E-state index is 0.0174. The van der Waals surface area contributed by atoms with Crippen LogP contribution in [0, 0.1) is 21.4 Å². The monoisotopic (exact) mass is 859 g/mol. The van der Waals surface area contributed by atoms with E-state index in [1.807, 2.05) is 19.1 Å². The third-order valence-corrected chi connectivity index (χ3v) is 15.5. The number of H-pyrrole nitrogens is 1. The van der Waals surface area contributed by atoms with Gasteiger partial charge < -0.3 is 25.0 Å². The largest absolute Gasteiger partial charge is 0.455 e. The van der Waals surface area contributed by atoms with Crippen molar-refractivity contribution >= 4 is 44.0 Å². The topological polar surface area (TPSA) is 183 Å². The molecule has 5 fully saturated rings. The van der Waals surface area contributed by atoms with Gasteiger partial charge in [0.15, 0.2) is 0 Å². The third kappa shape index (κ3) is 8.01. The summed E-state index contributed by atoms with van der Waals surface area (Å²) in [4.78, 5) is 37.5. The molecule has 3 aromatic carbocycles. The van der Waals surface area contributed by atoms with Gasteiger partial charge in [-0.15, -0.1) is 0 Å². The Morgan fingerprint density at radius 2 is 1.77 bits per heavy atom. The highest BCUT2D eigenvalue weighted by molar-refractivity contribution is 7.90. The molecule has 2 aliphatic heterocycles. The first kappa shape index (κ1) is 40.6. The predicted molar refractivity (Wildman–Crippen MR) is 236 cm³/mol. The zero-order chi connectivity index (χ0) is 42.8. The average Bonchev–Trinajstić information content (AvgIpc) is 3.77. The molecule has 1 spiro atoms. The first-order valence-electron chi connectivity index (χ1n) is 22.0. The Morgan fingerprint density at radius 1 is 1.00 bits per heavy atom. The van der Waals surface area contributed by atoms with E-state index in [1.165, 1.54) is 43.4 Å². The van der Waals surface area contributed by atoms with Crippen molar-refractivity contribution in [2.45, 2.75) is 99.6 Å². The van der Waals surface area contributed by atoms with E-state index in [4.69, 9.17) is 4.74 Å². The Labute approximate surface area is 361 Å². The van der Waals surface area contributed by atoms with Crippen LogP contribution in [0.25, 0.3) is 11.0 Å². The van der Waals surface area contributed by atoms with Gasteiger partial charge in [-0.2, -0.15) is 0 Å². The standard InChI is InChI=1S/C47H53N7O7S/c1-46(56)17-14-30(15-18-46)26-49-40-13-11-36(23-42(40)54(57)58)62(59,60)51-45(55)39-12-10-33(22-43(39)61-35-21-32-16-19-48-44(32)50-27-35)52-28-47(29-52)24-34(25-47)53-20-4-7-41(53)38-6-3-2-5-37(38)31-8-9-31/h2-3,5-6,10-13,16,19,21-23,27,30-31,34,41,49,56H,4,7-9,14-15,17-18,20,24-26,28-29H2,1H3,(H,48,50)(H,51,55)/t30?,41-,46?/m0/s1. The second-order valence-electron chi connectivity index (χ2n) is 18.8. The molecule has 3 saturated carbocycles. The highest BCUT2D eigenvalue weighted by Gasteiger charge is 2.55. The van der Waals surface area contributed by atoms with E-state index in [9.17, 15) is 28.4 Å². The number of aromatic amines is 1. The van der Waals surface area contributed by atoms with Crippen molar-refractivity contribution in [1.82, 2.24) is 19.6 Å². The van der Waals surface area contributed by atoms with E-state index in [2.05, 4.69) is 54.1 Å². The van der Waals surface area contributed by atoms with Crippen LogP contribution in [0.15, 0.2) is 90.1 Å². The Kier molecular flexibility index (Phi) is 10.3. The number of aliphatic hydroxyl groups is 1. The molecule has 2 aromatic heterocycles. The number of benzene rings is 3. The number of ether oxygens (including phenoxy) is 1. The third-order valence-electron chi connectivity index (χ3n) is 14.2. The molecule has 3 aliphatic carbocycles. The maximum atomic E-state index is 13.9. The Bertz CT molecular complexity index is 2640. The number of amides is 1. The smallest absolute Gasteiger partial charge is 0.293 e. The van der Waals surface area contributed by atoms with Gasteiger partial charge >= 0.3 is 0 Å². The first-order chi connectivity index (χ1) is 29.8. The quantitative estimate of drug-likeness (QED) is 0.0659. The summed E-state index contributed by atoms with van der Waals surface area (Å²) in [6.45, 7) is 5.16. The normalized spacial score (nSPS) is 23.8. The molecular weight excluding hydrogens is 807 g/mol. The summed E-state index contributed by atoms with van der Waals surface area (Å²) in [7, 11) is -4.55. The molecule has 14 nitrogen and oxygen atoms in total. The number of nitro benzene ring substituents is 1. The van der Waals surface area contributed by atoms with Crippen LogP contribution in [-0.2, 0) is 10.0 Å². The number of hydrogen-bond acceptors (Lipinski definition) is 11. The minimum Gasteiger partial charge on any atom is -0.455 e. The first-order valence-corrected chi connectivity index (χ1v) is 23.5. The Balaban J connectivity index is 0.841. The lowest BCUT2D eigenvalue weighted by Crippen LogP contribution is -2.66. The van der Waals surface area contributed by atoms with Crippen LogP contribution in [0.5, 0.6) is 11.5 Å². The van der Waals surface area contributed by atoms with Gasteiger partial charge in [0, 0.05) is 66.5 Å². The van der Waals surface area contributed by atoms with Crippen LogP contribution in [0.3, 0.4) is 0 Å². The number of nitro groups is 1. The second-order valence-corrected chi connectivity index (χ2v) is 20.5. The number of nitrogens with zero attached hydrogens (tertiary/aromatic N) is 4. The van der Waals surface area contributed by atoms with E-state index < -0.39 is 37.0 Å². The molecule has 1 atom stereocenters. The Hall–Kier alpha value is -5.51. The van der Waals surface area contributed by atoms with Gasteiger partial charge in [0.05, 0.1) is 27.2 Å². The lowest BCUT2D eigenvalue weighted by molar-refractivity contribution is -0.384. The summed E-state index contributed by atoms with van der Waals surface area (Å²) in [5.74, 6) is 0.525. The number of pyridine rings is 1. The lowest BCUT2D eigenvalue weighted by Gasteiger charge is -2.62. The van der Waals surface area contributed by atoms with Gasteiger partial charge in [-0.3, -0.25) is 19.8 Å². The minimum atomic E-state index is -4.55. The van der Waals surface area contributed by atoms with Crippen LogP contribution in [0.4, 0.5) is 17.1 Å². The number of carbonyl (C=O) groups is 1. The molecule has 62 heavy (non-hydrogen) atoms. The van der Waals surface area contributed by atoms with Crippen LogP contribution >= 0.6 is 0 Å². The van der Waals surface area contributed by atoms with Gasteiger partial charge in [-0.05, 0) is 137 Å². The highest BCUT2D eigenvalue weighted by Crippen LogP contribution is 2.55. The van der Waals surface area contributed by atoms with E-state index in [0.29, 0.717) is 42.9 Å². The van der Waals surface area contributed by atoms with Gasteiger partial charge in [-0.25, -0.2) is 18.1 Å². The molecule has 4 N–H and O–H groups in total. The Morgan fingerprint density at radius 3 is 2.53 bits per heavy atom. The van der Waals surface area contributed by atoms with E-state index in [1.54, 1.807) is 36.2 Å². The maximum absolute atomic E-state index is 13.9. The lowest BCUT2D eigenvalue weighted by atomic mass is 9.60. The zero-order valence-electron chi connectivity index (χ0n) is 34.9. The van der Waals surface area contributed by atoms with Crippen molar-refractivity contribution in [3.05, 3.63) is 112 Å². The summed E-state index contributed by atoms with van der Waals surface area (Å²) in [6, 6.07) is 22.5. The number of hydrogen-bond donors (Lipinski definition) is 4. The number of anilines is 2. The summed E-state index contributed by atoms with van der Waals surface area (Å²) in [6.07, 6.45) is 13.5. The predicted octanol–water partition coefficient (Wildman–Crippen LogP) is 8.42. The molecule has 15 heteroatoms. The molecule has 4 heterocycles. The van der Waals surface area contributed by atoms with Crippen molar-refractivity contribution in [2.75, 3.05) is 36.4 Å². The summed E-state index contributed by atoms with van der Waals surface area (Å²) in [5.41, 5.74) is 3.89. The van der Waals surface area contributed by atoms with Crippen LogP contribution in [-0.4, -0.2) is 77.0 Å². The average molecular weight is 860 g/mol. The highest BCUT2D eigenvalue weighted by atomic mass is 32.2. The number of nitrogens with one attached hydrogen (secondary N) is 3. The fraction of sp³-hybridized carbons (Fsp3) is 0.447. The fourth-order valence-electron chi connectivity index (χ4n) is 10.6. The number of aromatic nitrogens is 2. The van der Waals surface area contributed by atoms with Crippen molar-refractivity contribution in [3.8, 4) is 11.5 Å². The van der Waals surface area contributed by atoms with Crippen molar-refractivity contribution < 1.29 is 28.0 Å². The van der Waals surface area contributed by atoms with Crippen LogP contribution < -0.4 is 19.7 Å². The molecule has 0 unspecified atom stereocenters. The van der Waals surface area contributed by atoms with Crippen LogP contribution in [0.2, 0.25) is 0 Å². The number of rotatable bonds is 13. The fourth-order valence-corrected chi connectivity index (χ4v) is 11.6. The van der Waals surface area contributed by atoms with E-state index in [-0.39, 0.29) is 28.3 Å². The molecule has 5 aliphatic rings. The summed E-state index contributed by atoms with van der Waals surface area (Å²) < 4.78 is 35.9. The molecule has 10 rings (SSSR count). The van der Waals surface area contributed by atoms with Gasteiger partial charge in [0.25, 0.3) is 21.6 Å². The van der Waals surface area contributed by atoms with Gasteiger partial charge in [0.2, 0.25) is 0 Å². The zero-order valence-corrected chi connectivity index (χ0v) is 35.7. The molecule has 1 amide bonds. The maximum Gasteiger partial charge on any atom is 0.293 e. The van der Waals surface area contributed by atoms with Gasteiger partial charge in [-0.1, -0.05) is 24.3 Å². The van der Waals surface area contributed by atoms with E-state index >= 15 is 0 Å². The summed E-state index contributed by atoms with van der Waals surface area (Å²) in [5, 5.41) is 26.3. The number of fused-ring (bicyclic) bond motifs is 1. The summed E-state index contributed by atoms with van der Waals surface area (Å²) >= 11 is 0. The molecule has 324 valence electrons. The van der Waals surface area contributed by atoms with Crippen molar-refractivity contribution in [3.63, 3.8) is 0 Å².